The number of nitrogens with zero attached hydrogens (tertiary/aromatic N) is 3. The predicted octanol–water partition coefficient (Wildman–Crippen LogP) is 0.446. The van der Waals surface area contributed by atoms with Crippen LogP contribution in [0.2, 0.25) is 5.15 Å². The summed E-state index contributed by atoms with van der Waals surface area (Å²) in [5.41, 5.74) is 0.886. The number of halogens is 1. The highest BCUT2D eigenvalue weighted by Crippen LogP contribution is 2.11. The molecular weight excluding hydrogens is 288 g/mol. The summed E-state index contributed by atoms with van der Waals surface area (Å²) in [6, 6.07) is 5.50. The molecule has 2 N–H and O–H groups in total. The van der Waals surface area contributed by atoms with Gasteiger partial charge in [-0.1, -0.05) is 17.7 Å². The molecule has 8 heteroatoms. The number of rotatable bonds is 3. The molecule has 1 aliphatic rings. The van der Waals surface area contributed by atoms with Gasteiger partial charge >= 0.3 is 0 Å². The predicted molar refractivity (Wildman–Crippen MR) is 73.8 cm³/mol. The van der Waals surface area contributed by atoms with Crippen molar-refractivity contribution in [2.24, 2.45) is 5.14 Å². The largest absolute Gasteiger partial charge is 0.296 e. The Bertz CT molecular complexity index is 537. The van der Waals surface area contributed by atoms with Crippen LogP contribution in [0.3, 0.4) is 0 Å². The van der Waals surface area contributed by atoms with Gasteiger partial charge in [-0.2, -0.15) is 12.7 Å². The molecule has 19 heavy (non-hydrogen) atoms. The smallest absolute Gasteiger partial charge is 0.276 e. The van der Waals surface area contributed by atoms with Crippen LogP contribution in [0, 0.1) is 0 Å². The molecule has 0 spiro atoms. The van der Waals surface area contributed by atoms with Gasteiger partial charge in [0.05, 0.1) is 5.69 Å². The average molecular weight is 305 g/mol. The normalized spacial score (nSPS) is 19.3. The molecule has 106 valence electrons. The molecular formula is C11H17ClN4O2S. The van der Waals surface area contributed by atoms with E-state index >= 15 is 0 Å². The third kappa shape index (κ3) is 4.39. The van der Waals surface area contributed by atoms with Crippen LogP contribution in [-0.2, 0) is 16.8 Å². The topological polar surface area (TPSA) is 79.5 Å². The molecule has 1 saturated heterocycles. The summed E-state index contributed by atoms with van der Waals surface area (Å²) in [4.78, 5) is 6.39. The summed E-state index contributed by atoms with van der Waals surface area (Å²) in [6.45, 7) is 3.02. The van der Waals surface area contributed by atoms with Crippen LogP contribution in [0.15, 0.2) is 18.2 Å². The van der Waals surface area contributed by atoms with Crippen LogP contribution in [0.4, 0.5) is 0 Å². The highest BCUT2D eigenvalue weighted by atomic mass is 35.5. The number of hydrogen-bond donors (Lipinski definition) is 1. The average Bonchev–Trinajstić information content (AvgIpc) is 2.54. The fourth-order valence-corrected chi connectivity index (χ4v) is 3.03. The van der Waals surface area contributed by atoms with Crippen molar-refractivity contribution in [3.8, 4) is 0 Å². The first kappa shape index (κ1) is 14.7. The highest BCUT2D eigenvalue weighted by molar-refractivity contribution is 7.86. The Kier molecular flexibility index (Phi) is 4.75. The van der Waals surface area contributed by atoms with E-state index in [2.05, 4.69) is 9.88 Å². The second-order valence-electron chi connectivity index (χ2n) is 4.53. The lowest BCUT2D eigenvalue weighted by molar-refractivity contribution is 0.275. The summed E-state index contributed by atoms with van der Waals surface area (Å²) in [6.07, 6.45) is 0.761. The van der Waals surface area contributed by atoms with Crippen LogP contribution >= 0.6 is 11.6 Å². The van der Waals surface area contributed by atoms with Gasteiger partial charge < -0.3 is 0 Å². The zero-order valence-corrected chi connectivity index (χ0v) is 12.1. The molecule has 0 unspecified atom stereocenters. The van der Waals surface area contributed by atoms with Crippen LogP contribution < -0.4 is 5.14 Å². The van der Waals surface area contributed by atoms with Crippen LogP contribution in [0.1, 0.15) is 12.1 Å². The standard InChI is InChI=1S/C11H17ClN4O2S/c12-11-4-1-3-10(14-11)9-15-5-2-6-16(8-7-15)19(13,17)18/h1,3-4H,2,5-9H2,(H2,13,17,18). The number of aromatic nitrogens is 1. The second kappa shape index (κ2) is 6.15. The van der Waals surface area contributed by atoms with Gasteiger partial charge in [0.2, 0.25) is 0 Å². The van der Waals surface area contributed by atoms with Crippen molar-refractivity contribution >= 4 is 21.8 Å². The quantitative estimate of drug-likeness (QED) is 0.822. The maximum atomic E-state index is 11.3. The lowest BCUT2D eigenvalue weighted by atomic mass is 10.3. The van der Waals surface area contributed by atoms with Gasteiger partial charge in [0.1, 0.15) is 5.15 Å². The molecule has 2 heterocycles. The Hall–Kier alpha value is -0.730. The van der Waals surface area contributed by atoms with E-state index in [-0.39, 0.29) is 0 Å². The minimum absolute atomic E-state index is 0.416. The van der Waals surface area contributed by atoms with Crippen molar-refractivity contribution < 1.29 is 8.42 Å². The molecule has 1 fully saturated rings. The van der Waals surface area contributed by atoms with Crippen LogP contribution in [0.5, 0.6) is 0 Å². The van der Waals surface area contributed by atoms with Crippen molar-refractivity contribution in [1.29, 1.82) is 0 Å². The molecule has 6 nitrogen and oxygen atoms in total. The lowest BCUT2D eigenvalue weighted by Crippen LogP contribution is -2.39. The summed E-state index contributed by atoms with van der Waals surface area (Å²) < 4.78 is 23.9. The van der Waals surface area contributed by atoms with Crippen molar-refractivity contribution in [2.45, 2.75) is 13.0 Å². The van der Waals surface area contributed by atoms with E-state index in [4.69, 9.17) is 16.7 Å². The van der Waals surface area contributed by atoms with Gasteiger partial charge in [0.25, 0.3) is 10.2 Å². The zero-order chi connectivity index (χ0) is 13.9. The summed E-state index contributed by atoms with van der Waals surface area (Å²) in [7, 11) is -3.58. The Morgan fingerprint density at radius 3 is 2.74 bits per heavy atom. The Morgan fingerprint density at radius 1 is 1.26 bits per heavy atom. The fourth-order valence-electron chi connectivity index (χ4n) is 2.13. The molecule has 0 atom stereocenters. The minimum atomic E-state index is -3.58. The molecule has 2 rings (SSSR count). The SMILES string of the molecule is NS(=O)(=O)N1CCCN(Cc2cccc(Cl)n2)CC1. The van der Waals surface area contributed by atoms with Crippen molar-refractivity contribution in [1.82, 2.24) is 14.2 Å². The van der Waals surface area contributed by atoms with Crippen molar-refractivity contribution in [3.05, 3.63) is 29.0 Å². The molecule has 0 aliphatic carbocycles. The van der Waals surface area contributed by atoms with Crippen molar-refractivity contribution in [2.75, 3.05) is 26.2 Å². The first-order valence-corrected chi connectivity index (χ1v) is 7.95. The molecule has 1 aromatic rings. The highest BCUT2D eigenvalue weighted by Gasteiger charge is 2.21. The number of nitrogens with two attached hydrogens (primary N) is 1. The first-order chi connectivity index (χ1) is 8.95. The Balaban J connectivity index is 1.96. The summed E-state index contributed by atoms with van der Waals surface area (Å²) in [5, 5.41) is 5.62. The van der Waals surface area contributed by atoms with Gasteiger partial charge in [0.15, 0.2) is 0 Å². The van der Waals surface area contributed by atoms with E-state index in [1.54, 1.807) is 6.07 Å². The molecule has 0 radical (unpaired) electrons. The van der Waals surface area contributed by atoms with E-state index in [1.165, 1.54) is 4.31 Å². The maximum Gasteiger partial charge on any atom is 0.276 e. The third-order valence-corrected chi connectivity index (χ3v) is 4.36. The zero-order valence-electron chi connectivity index (χ0n) is 10.5. The van der Waals surface area contributed by atoms with Crippen LogP contribution in [0.25, 0.3) is 0 Å². The van der Waals surface area contributed by atoms with Gasteiger partial charge in [0, 0.05) is 26.2 Å². The maximum absolute atomic E-state index is 11.3. The van der Waals surface area contributed by atoms with E-state index in [0.29, 0.717) is 31.3 Å². The van der Waals surface area contributed by atoms with E-state index in [9.17, 15) is 8.42 Å². The number of pyridine rings is 1. The van der Waals surface area contributed by atoms with Gasteiger partial charge in [-0.25, -0.2) is 10.1 Å². The lowest BCUT2D eigenvalue weighted by Gasteiger charge is -2.20. The molecule has 1 aromatic heterocycles. The van der Waals surface area contributed by atoms with E-state index in [1.807, 2.05) is 12.1 Å². The summed E-state index contributed by atoms with van der Waals surface area (Å²) in [5.74, 6) is 0. The van der Waals surface area contributed by atoms with Gasteiger partial charge in [-0.05, 0) is 25.1 Å². The first-order valence-electron chi connectivity index (χ1n) is 6.07. The second-order valence-corrected chi connectivity index (χ2v) is 6.46. The Labute approximate surface area is 118 Å². The van der Waals surface area contributed by atoms with Crippen LogP contribution in [-0.4, -0.2) is 48.8 Å². The molecule has 0 bridgehead atoms. The fraction of sp³-hybridized carbons (Fsp3) is 0.545. The minimum Gasteiger partial charge on any atom is -0.296 e. The molecule has 0 saturated carbocycles. The van der Waals surface area contributed by atoms with Gasteiger partial charge in [-0.3, -0.25) is 4.90 Å². The Morgan fingerprint density at radius 2 is 2.05 bits per heavy atom. The van der Waals surface area contributed by atoms with E-state index in [0.717, 1.165) is 18.7 Å². The molecule has 1 aliphatic heterocycles. The molecule has 0 aromatic carbocycles. The van der Waals surface area contributed by atoms with E-state index < -0.39 is 10.2 Å². The summed E-state index contributed by atoms with van der Waals surface area (Å²) >= 11 is 5.84. The molecule has 0 amide bonds. The third-order valence-electron chi connectivity index (χ3n) is 3.07. The van der Waals surface area contributed by atoms with Crippen molar-refractivity contribution in [3.63, 3.8) is 0 Å². The van der Waals surface area contributed by atoms with Gasteiger partial charge in [-0.15, -0.1) is 0 Å². The number of hydrogen-bond acceptors (Lipinski definition) is 4. The monoisotopic (exact) mass is 304 g/mol.